The van der Waals surface area contributed by atoms with Gasteiger partial charge in [0.05, 0.1) is 12.8 Å². The lowest BCUT2D eigenvalue weighted by atomic mass is 10.2. The molecule has 6 nitrogen and oxygen atoms in total. The first kappa shape index (κ1) is 26.1. The molecule has 0 atom stereocenters. The Morgan fingerprint density at radius 3 is 2.53 bits per heavy atom. The number of furan rings is 1. The van der Waals surface area contributed by atoms with Crippen molar-refractivity contribution in [2.75, 3.05) is 26.3 Å². The molecule has 0 amide bonds. The topological polar surface area (TPSA) is 68.0 Å². The summed E-state index contributed by atoms with van der Waals surface area (Å²) in [5.41, 5.74) is 0.864. The molecule has 168 valence electrons. The fourth-order valence-corrected chi connectivity index (χ4v) is 2.32. The minimum absolute atomic E-state index is 0. The van der Waals surface area contributed by atoms with E-state index in [1.54, 1.807) is 18.4 Å². The molecule has 0 radical (unpaired) electrons. The number of aliphatic imine (C=N–C) groups is 1. The first-order valence-electron chi connectivity index (χ1n) is 9.37. The fraction of sp³-hybridized carbons (Fsp3) is 0.450. The van der Waals surface area contributed by atoms with E-state index in [-0.39, 0.29) is 29.7 Å². The lowest BCUT2D eigenvalue weighted by molar-refractivity contribution is -0.153. The molecule has 10 heteroatoms. The second kappa shape index (κ2) is 14.1. The second-order valence-electron chi connectivity index (χ2n) is 6.16. The highest BCUT2D eigenvalue weighted by Crippen LogP contribution is 2.19. The number of hydrogen-bond acceptors (Lipinski definition) is 4. The maximum absolute atomic E-state index is 12.2. The van der Waals surface area contributed by atoms with Gasteiger partial charge in [0, 0.05) is 19.7 Å². The lowest BCUT2D eigenvalue weighted by Gasteiger charge is -2.12. The van der Waals surface area contributed by atoms with Crippen LogP contribution in [0, 0.1) is 0 Å². The number of benzene rings is 1. The summed E-state index contributed by atoms with van der Waals surface area (Å²) >= 11 is 0. The molecule has 30 heavy (non-hydrogen) atoms. The average molecular weight is 541 g/mol. The molecule has 0 saturated carbocycles. The van der Waals surface area contributed by atoms with Crippen LogP contribution in [-0.4, -0.2) is 38.4 Å². The van der Waals surface area contributed by atoms with Crippen molar-refractivity contribution in [3.8, 4) is 5.75 Å². The van der Waals surface area contributed by atoms with Crippen molar-refractivity contribution in [2.45, 2.75) is 32.7 Å². The average Bonchev–Trinajstić information content (AvgIpc) is 3.21. The summed E-state index contributed by atoms with van der Waals surface area (Å²) in [7, 11) is 0. The summed E-state index contributed by atoms with van der Waals surface area (Å²) in [4.78, 5) is 4.47. The molecule has 0 bridgehead atoms. The number of halogens is 4. The quantitative estimate of drug-likeness (QED) is 0.190. The van der Waals surface area contributed by atoms with Gasteiger partial charge in [0.15, 0.2) is 12.6 Å². The van der Waals surface area contributed by atoms with E-state index in [4.69, 9.17) is 13.9 Å². The predicted octanol–water partition coefficient (Wildman–Crippen LogP) is 4.50. The smallest absolute Gasteiger partial charge is 0.422 e. The number of rotatable bonds is 11. The van der Waals surface area contributed by atoms with Crippen LogP contribution in [0.4, 0.5) is 13.2 Å². The summed E-state index contributed by atoms with van der Waals surface area (Å²) in [5, 5.41) is 6.37. The maximum atomic E-state index is 12.2. The molecule has 2 N–H and O–H groups in total. The summed E-state index contributed by atoms with van der Waals surface area (Å²) in [5.74, 6) is 1.63. The lowest BCUT2D eigenvalue weighted by Crippen LogP contribution is -2.38. The van der Waals surface area contributed by atoms with E-state index in [0.29, 0.717) is 38.8 Å². The van der Waals surface area contributed by atoms with Crippen LogP contribution >= 0.6 is 24.0 Å². The van der Waals surface area contributed by atoms with Crippen molar-refractivity contribution in [3.63, 3.8) is 0 Å². The van der Waals surface area contributed by atoms with Crippen LogP contribution in [-0.2, 0) is 17.9 Å². The standard InChI is InChI=1S/C20H26F3N3O3.HI/c1-2-24-19(25-10-4-11-27-14-18-5-3-12-28-18)26-13-16-6-8-17(9-7-16)29-15-20(21,22)23;/h3,5-9,12H,2,4,10-11,13-15H2,1H3,(H2,24,25,26);1H. The molecule has 1 aromatic heterocycles. The van der Waals surface area contributed by atoms with Crippen LogP contribution in [0.25, 0.3) is 0 Å². The molecular formula is C20H27F3IN3O3. The molecule has 2 aromatic rings. The molecule has 0 fully saturated rings. The predicted molar refractivity (Wildman–Crippen MR) is 119 cm³/mol. The zero-order valence-corrected chi connectivity index (χ0v) is 19.0. The van der Waals surface area contributed by atoms with Crippen LogP contribution in [0.15, 0.2) is 52.1 Å². The maximum Gasteiger partial charge on any atom is 0.422 e. The Hall–Kier alpha value is -1.95. The second-order valence-corrected chi connectivity index (χ2v) is 6.16. The Labute approximate surface area is 191 Å². The Balaban J connectivity index is 0.00000450. The van der Waals surface area contributed by atoms with Crippen molar-refractivity contribution >= 4 is 29.9 Å². The minimum atomic E-state index is -4.35. The van der Waals surface area contributed by atoms with E-state index in [1.165, 1.54) is 12.1 Å². The zero-order valence-electron chi connectivity index (χ0n) is 16.7. The Morgan fingerprint density at radius 2 is 1.90 bits per heavy atom. The molecular weight excluding hydrogens is 514 g/mol. The first-order chi connectivity index (χ1) is 14.0. The molecule has 2 rings (SSSR count). The molecule has 0 aliphatic carbocycles. The fourth-order valence-electron chi connectivity index (χ4n) is 2.32. The first-order valence-corrected chi connectivity index (χ1v) is 9.37. The van der Waals surface area contributed by atoms with Crippen molar-refractivity contribution < 1.29 is 27.1 Å². The van der Waals surface area contributed by atoms with Gasteiger partial charge in [-0.25, -0.2) is 4.99 Å². The number of alkyl halides is 3. The van der Waals surface area contributed by atoms with Gasteiger partial charge in [0.1, 0.15) is 18.1 Å². The van der Waals surface area contributed by atoms with Gasteiger partial charge in [0.2, 0.25) is 0 Å². The molecule has 0 aliphatic heterocycles. The van der Waals surface area contributed by atoms with Gasteiger partial charge in [-0.2, -0.15) is 13.2 Å². The monoisotopic (exact) mass is 541 g/mol. The Kier molecular flexibility index (Phi) is 12.3. The molecule has 1 heterocycles. The third-order valence-electron chi connectivity index (χ3n) is 3.67. The van der Waals surface area contributed by atoms with Crippen molar-refractivity contribution in [2.24, 2.45) is 4.99 Å². The largest absolute Gasteiger partial charge is 0.484 e. The number of hydrogen-bond donors (Lipinski definition) is 2. The molecule has 1 aromatic carbocycles. The summed E-state index contributed by atoms with van der Waals surface area (Å²) in [6.07, 6.45) is -1.93. The Morgan fingerprint density at radius 1 is 1.13 bits per heavy atom. The van der Waals surface area contributed by atoms with E-state index in [2.05, 4.69) is 15.6 Å². The highest BCUT2D eigenvalue weighted by Gasteiger charge is 2.28. The normalized spacial score (nSPS) is 11.7. The van der Waals surface area contributed by atoms with Gasteiger partial charge >= 0.3 is 6.18 Å². The van der Waals surface area contributed by atoms with Crippen molar-refractivity contribution in [1.29, 1.82) is 0 Å². The van der Waals surface area contributed by atoms with Gasteiger partial charge in [-0.05, 0) is 43.2 Å². The van der Waals surface area contributed by atoms with E-state index in [0.717, 1.165) is 17.7 Å². The van der Waals surface area contributed by atoms with Gasteiger partial charge in [-0.3, -0.25) is 0 Å². The van der Waals surface area contributed by atoms with E-state index in [1.807, 2.05) is 19.1 Å². The molecule has 0 spiro atoms. The Bertz CT molecular complexity index is 723. The van der Waals surface area contributed by atoms with Crippen molar-refractivity contribution in [1.82, 2.24) is 10.6 Å². The highest BCUT2D eigenvalue weighted by atomic mass is 127. The van der Waals surface area contributed by atoms with Crippen LogP contribution in [0.3, 0.4) is 0 Å². The third kappa shape index (κ3) is 11.3. The van der Waals surface area contributed by atoms with Crippen molar-refractivity contribution in [3.05, 3.63) is 54.0 Å². The third-order valence-corrected chi connectivity index (χ3v) is 3.67. The number of nitrogens with zero attached hydrogens (tertiary/aromatic N) is 1. The SMILES string of the molecule is CCNC(=NCc1ccc(OCC(F)(F)F)cc1)NCCCOCc1ccco1.I. The molecule has 0 unspecified atom stereocenters. The highest BCUT2D eigenvalue weighted by molar-refractivity contribution is 14.0. The van der Waals surface area contributed by atoms with Crippen LogP contribution < -0.4 is 15.4 Å². The van der Waals surface area contributed by atoms with Crippen LogP contribution in [0.2, 0.25) is 0 Å². The van der Waals surface area contributed by atoms with Gasteiger partial charge in [-0.1, -0.05) is 12.1 Å². The van der Waals surface area contributed by atoms with E-state index in [9.17, 15) is 13.2 Å². The number of ether oxygens (including phenoxy) is 2. The summed E-state index contributed by atoms with van der Waals surface area (Å²) in [6, 6.07) is 10.1. The van der Waals surface area contributed by atoms with Crippen LogP contribution in [0.1, 0.15) is 24.7 Å². The number of guanidine groups is 1. The van der Waals surface area contributed by atoms with Gasteiger partial charge in [-0.15, -0.1) is 24.0 Å². The van der Waals surface area contributed by atoms with Gasteiger partial charge in [0.25, 0.3) is 0 Å². The zero-order chi connectivity index (χ0) is 21.0. The van der Waals surface area contributed by atoms with E-state index < -0.39 is 12.8 Å². The molecule has 0 aliphatic rings. The number of nitrogens with one attached hydrogen (secondary N) is 2. The van der Waals surface area contributed by atoms with E-state index >= 15 is 0 Å². The summed E-state index contributed by atoms with van der Waals surface area (Å²) in [6.45, 7) is 3.50. The minimum Gasteiger partial charge on any atom is -0.484 e. The molecule has 0 saturated heterocycles. The van der Waals surface area contributed by atoms with Crippen LogP contribution in [0.5, 0.6) is 5.75 Å². The van der Waals surface area contributed by atoms with Gasteiger partial charge < -0.3 is 24.5 Å². The summed E-state index contributed by atoms with van der Waals surface area (Å²) < 4.78 is 51.9.